The Kier molecular flexibility index (Phi) is 4.51. The minimum Gasteiger partial charge on any atom is -0.340 e. The maximum Gasteiger partial charge on any atom is 0.225 e. The average Bonchev–Trinajstić information content (AvgIpc) is 3.07. The van der Waals surface area contributed by atoms with Crippen LogP contribution in [0.15, 0.2) is 36.7 Å². The summed E-state index contributed by atoms with van der Waals surface area (Å²) in [6, 6.07) is 7.94. The van der Waals surface area contributed by atoms with Crippen LogP contribution in [0, 0.1) is 6.92 Å². The Balaban J connectivity index is 1.50. The summed E-state index contributed by atoms with van der Waals surface area (Å²) in [5.41, 5.74) is 1.09. The lowest BCUT2D eigenvalue weighted by Gasteiger charge is -2.32. The lowest BCUT2D eigenvalue weighted by Crippen LogP contribution is -2.35. The summed E-state index contributed by atoms with van der Waals surface area (Å²) in [5, 5.41) is 13.1. The van der Waals surface area contributed by atoms with Crippen LogP contribution in [0.4, 0.5) is 16.9 Å². The van der Waals surface area contributed by atoms with Crippen LogP contribution in [0.5, 0.6) is 0 Å². The molecule has 1 N–H and O–H groups in total. The molecule has 1 atom stereocenters. The first-order valence-corrected chi connectivity index (χ1v) is 9.15. The van der Waals surface area contributed by atoms with E-state index < -0.39 is 0 Å². The minimum atomic E-state index is 0.371. The van der Waals surface area contributed by atoms with E-state index >= 15 is 0 Å². The second-order valence-corrected chi connectivity index (χ2v) is 7.21. The maximum atomic E-state index is 4.79. The van der Waals surface area contributed by atoms with E-state index in [1.165, 1.54) is 11.3 Å². The van der Waals surface area contributed by atoms with Crippen molar-refractivity contribution in [3.63, 3.8) is 0 Å². The molecule has 128 valence electrons. The van der Waals surface area contributed by atoms with E-state index in [9.17, 15) is 0 Å². The molecule has 4 heterocycles. The van der Waals surface area contributed by atoms with Gasteiger partial charge in [0.15, 0.2) is 0 Å². The number of anilines is 3. The number of aromatic nitrogens is 5. The van der Waals surface area contributed by atoms with Gasteiger partial charge in [-0.05, 0) is 38.0 Å². The van der Waals surface area contributed by atoms with Gasteiger partial charge in [-0.25, -0.2) is 15.0 Å². The third-order valence-corrected chi connectivity index (χ3v) is 4.96. The maximum absolute atomic E-state index is 4.79. The highest BCUT2D eigenvalue weighted by molar-refractivity contribution is 7.15. The quantitative estimate of drug-likeness (QED) is 0.771. The zero-order chi connectivity index (χ0) is 17.1. The molecular formula is C17H19N7S. The number of aryl methyl sites for hydroxylation is 1. The van der Waals surface area contributed by atoms with Gasteiger partial charge >= 0.3 is 0 Å². The van der Waals surface area contributed by atoms with Gasteiger partial charge in [-0.2, -0.15) is 0 Å². The first kappa shape index (κ1) is 15.9. The van der Waals surface area contributed by atoms with Gasteiger partial charge in [0, 0.05) is 37.1 Å². The summed E-state index contributed by atoms with van der Waals surface area (Å²) in [7, 11) is 0. The first-order valence-electron chi connectivity index (χ1n) is 8.34. The summed E-state index contributed by atoms with van der Waals surface area (Å²) in [4.78, 5) is 15.8. The summed E-state index contributed by atoms with van der Waals surface area (Å²) < 4.78 is 0. The SMILES string of the molecule is Cc1nnc(Nc2cccc(C3CCCN(c4ncccn4)C3)n2)s1. The van der Waals surface area contributed by atoms with Crippen molar-refractivity contribution >= 4 is 28.2 Å². The van der Waals surface area contributed by atoms with Crippen LogP contribution >= 0.6 is 11.3 Å². The van der Waals surface area contributed by atoms with Crippen LogP contribution in [0.3, 0.4) is 0 Å². The first-order chi connectivity index (χ1) is 12.3. The van der Waals surface area contributed by atoms with Gasteiger partial charge in [0.1, 0.15) is 10.8 Å². The second kappa shape index (κ2) is 7.10. The van der Waals surface area contributed by atoms with E-state index in [1.807, 2.05) is 25.1 Å². The lowest BCUT2D eigenvalue weighted by molar-refractivity contribution is 0.495. The number of rotatable bonds is 4. The molecule has 1 aliphatic heterocycles. The summed E-state index contributed by atoms with van der Waals surface area (Å²) in [6.45, 7) is 3.82. The van der Waals surface area contributed by atoms with Crippen molar-refractivity contribution in [2.24, 2.45) is 0 Å². The van der Waals surface area contributed by atoms with Crippen molar-refractivity contribution < 1.29 is 0 Å². The van der Waals surface area contributed by atoms with Crippen LogP contribution in [-0.4, -0.2) is 38.2 Å². The predicted octanol–water partition coefficient (Wildman–Crippen LogP) is 3.16. The fourth-order valence-corrected chi connectivity index (χ4v) is 3.66. The average molecular weight is 353 g/mol. The van der Waals surface area contributed by atoms with Gasteiger partial charge in [-0.3, -0.25) is 0 Å². The molecule has 0 bridgehead atoms. The number of piperidine rings is 1. The van der Waals surface area contributed by atoms with Gasteiger partial charge < -0.3 is 10.2 Å². The van der Waals surface area contributed by atoms with Gasteiger partial charge in [0.2, 0.25) is 11.1 Å². The molecule has 1 unspecified atom stereocenters. The van der Waals surface area contributed by atoms with Crippen LogP contribution in [0.1, 0.15) is 29.5 Å². The molecule has 0 radical (unpaired) electrons. The van der Waals surface area contributed by atoms with E-state index in [0.29, 0.717) is 5.92 Å². The fourth-order valence-electron chi connectivity index (χ4n) is 3.06. The molecule has 0 aromatic carbocycles. The monoisotopic (exact) mass is 353 g/mol. The van der Waals surface area contributed by atoms with Gasteiger partial charge in [0.25, 0.3) is 0 Å². The standard InChI is InChI=1S/C17H19N7S/c1-12-22-23-17(25-12)21-15-7-2-6-14(20-15)13-5-3-10-24(11-13)16-18-8-4-9-19-16/h2,4,6-9,13H,3,5,10-11H2,1H3,(H,20,21,23). The van der Waals surface area contributed by atoms with Crippen molar-refractivity contribution in [3.8, 4) is 0 Å². The molecule has 0 amide bonds. The van der Waals surface area contributed by atoms with Crippen LogP contribution < -0.4 is 10.2 Å². The Morgan fingerprint density at radius 2 is 2.04 bits per heavy atom. The van der Waals surface area contributed by atoms with Crippen LogP contribution in [-0.2, 0) is 0 Å². The summed E-state index contributed by atoms with van der Waals surface area (Å²) in [6.07, 6.45) is 5.81. The highest BCUT2D eigenvalue weighted by atomic mass is 32.1. The molecule has 0 aliphatic carbocycles. The number of hydrogen-bond donors (Lipinski definition) is 1. The highest BCUT2D eigenvalue weighted by Crippen LogP contribution is 2.28. The van der Waals surface area contributed by atoms with E-state index in [1.54, 1.807) is 12.4 Å². The van der Waals surface area contributed by atoms with Crippen molar-refractivity contribution in [3.05, 3.63) is 47.4 Å². The van der Waals surface area contributed by atoms with Gasteiger partial charge in [-0.15, -0.1) is 10.2 Å². The zero-order valence-electron chi connectivity index (χ0n) is 14.0. The number of nitrogens with one attached hydrogen (secondary N) is 1. The van der Waals surface area contributed by atoms with Crippen LogP contribution in [0.2, 0.25) is 0 Å². The normalized spacial score (nSPS) is 17.5. The van der Waals surface area contributed by atoms with Crippen molar-refractivity contribution in [2.45, 2.75) is 25.7 Å². The molecule has 1 aliphatic rings. The third-order valence-electron chi connectivity index (χ3n) is 4.21. The molecule has 1 saturated heterocycles. The van der Waals surface area contributed by atoms with E-state index in [2.05, 4.69) is 36.4 Å². The van der Waals surface area contributed by atoms with Gasteiger partial charge in [-0.1, -0.05) is 17.4 Å². The molecule has 4 rings (SSSR count). The number of hydrogen-bond acceptors (Lipinski definition) is 8. The van der Waals surface area contributed by atoms with Crippen molar-refractivity contribution in [2.75, 3.05) is 23.3 Å². The molecule has 3 aromatic heterocycles. The molecule has 25 heavy (non-hydrogen) atoms. The molecule has 0 saturated carbocycles. The van der Waals surface area contributed by atoms with E-state index in [-0.39, 0.29) is 0 Å². The largest absolute Gasteiger partial charge is 0.340 e. The minimum absolute atomic E-state index is 0.371. The lowest BCUT2D eigenvalue weighted by atomic mass is 9.94. The third kappa shape index (κ3) is 3.74. The Morgan fingerprint density at radius 3 is 2.84 bits per heavy atom. The topological polar surface area (TPSA) is 79.7 Å². The van der Waals surface area contributed by atoms with Crippen molar-refractivity contribution in [1.29, 1.82) is 0 Å². The number of nitrogens with zero attached hydrogens (tertiary/aromatic N) is 6. The fraction of sp³-hybridized carbons (Fsp3) is 0.353. The Morgan fingerprint density at radius 1 is 1.16 bits per heavy atom. The molecule has 7 nitrogen and oxygen atoms in total. The summed E-state index contributed by atoms with van der Waals surface area (Å²) in [5.74, 6) is 1.98. The van der Waals surface area contributed by atoms with Gasteiger partial charge in [0.05, 0.1) is 0 Å². The van der Waals surface area contributed by atoms with E-state index in [4.69, 9.17) is 4.98 Å². The molecule has 1 fully saturated rings. The Hall–Kier alpha value is -2.61. The van der Waals surface area contributed by atoms with E-state index in [0.717, 1.165) is 53.5 Å². The van der Waals surface area contributed by atoms with Crippen LogP contribution in [0.25, 0.3) is 0 Å². The Bertz CT molecular complexity index is 836. The molecule has 0 spiro atoms. The predicted molar refractivity (Wildman–Crippen MR) is 98.4 cm³/mol. The highest BCUT2D eigenvalue weighted by Gasteiger charge is 2.24. The second-order valence-electron chi connectivity index (χ2n) is 6.03. The zero-order valence-corrected chi connectivity index (χ0v) is 14.8. The summed E-state index contributed by atoms with van der Waals surface area (Å²) >= 11 is 1.52. The number of pyridine rings is 1. The molecule has 8 heteroatoms. The molecule has 3 aromatic rings. The Labute approximate surface area is 150 Å². The molecular weight excluding hydrogens is 334 g/mol. The smallest absolute Gasteiger partial charge is 0.225 e. The van der Waals surface area contributed by atoms with Crippen molar-refractivity contribution in [1.82, 2.24) is 25.1 Å².